The number of carbonyl (C=O) groups is 1. The van der Waals surface area contributed by atoms with Crippen LogP contribution in [0.25, 0.3) is 0 Å². The van der Waals surface area contributed by atoms with E-state index in [0.29, 0.717) is 19.8 Å². The fourth-order valence-electron chi connectivity index (χ4n) is 0.616. The molecule has 1 saturated heterocycles. The van der Waals surface area contributed by atoms with E-state index in [9.17, 15) is 4.79 Å². The maximum absolute atomic E-state index is 9.75. The Morgan fingerprint density at radius 3 is 2.50 bits per heavy atom. The van der Waals surface area contributed by atoms with E-state index in [1.54, 1.807) is 0 Å². The molecule has 0 aromatic heterocycles. The maximum atomic E-state index is 9.75. The van der Waals surface area contributed by atoms with Crippen LogP contribution in [0.3, 0.4) is 0 Å². The van der Waals surface area contributed by atoms with Gasteiger partial charge in [-0.2, -0.15) is 0 Å². The molecule has 0 radical (unpaired) electrons. The van der Waals surface area contributed by atoms with Crippen LogP contribution in [0.15, 0.2) is 0 Å². The van der Waals surface area contributed by atoms with Gasteiger partial charge in [0.2, 0.25) is 6.35 Å². The second-order valence-corrected chi connectivity index (χ2v) is 1.62. The first-order valence-corrected chi connectivity index (χ1v) is 2.70. The first-order valence-electron chi connectivity index (χ1n) is 2.70. The Hall–Kier alpha value is 0.350. The molecule has 0 saturated carbocycles. The van der Waals surface area contributed by atoms with Crippen molar-refractivity contribution in [3.8, 4) is 0 Å². The van der Waals surface area contributed by atoms with Crippen molar-refractivity contribution in [1.29, 1.82) is 0 Å². The normalized spacial score (nSPS) is 19.2. The SMILES string of the molecule is O=COC1NCNCN1.[NaH]. The summed E-state index contributed by atoms with van der Waals surface area (Å²) in [6, 6.07) is 0. The van der Waals surface area contributed by atoms with Gasteiger partial charge in [0.15, 0.2) is 0 Å². The van der Waals surface area contributed by atoms with E-state index in [0.717, 1.165) is 0 Å². The van der Waals surface area contributed by atoms with Crippen LogP contribution in [-0.2, 0) is 9.53 Å². The Labute approximate surface area is 81.2 Å². The van der Waals surface area contributed by atoms with Crippen LogP contribution in [-0.4, -0.2) is 55.7 Å². The summed E-state index contributed by atoms with van der Waals surface area (Å²) in [4.78, 5) is 9.75. The predicted molar refractivity (Wildman–Crippen MR) is 37.2 cm³/mol. The summed E-state index contributed by atoms with van der Waals surface area (Å²) < 4.78 is 4.54. The van der Waals surface area contributed by atoms with Crippen molar-refractivity contribution in [1.82, 2.24) is 16.0 Å². The summed E-state index contributed by atoms with van der Waals surface area (Å²) in [5.41, 5.74) is 0. The van der Waals surface area contributed by atoms with Crippen molar-refractivity contribution >= 4 is 36.0 Å². The van der Waals surface area contributed by atoms with Gasteiger partial charge >= 0.3 is 29.6 Å². The zero-order valence-corrected chi connectivity index (χ0v) is 4.89. The molecule has 1 aliphatic heterocycles. The van der Waals surface area contributed by atoms with Crippen LogP contribution in [0.2, 0.25) is 0 Å². The van der Waals surface area contributed by atoms with Gasteiger partial charge in [0.1, 0.15) is 0 Å². The first-order chi connectivity index (χ1) is 4.43. The molecule has 0 aromatic carbocycles. The van der Waals surface area contributed by atoms with Gasteiger partial charge in [-0.1, -0.05) is 0 Å². The second-order valence-electron chi connectivity index (χ2n) is 1.62. The third kappa shape index (κ3) is 3.50. The molecule has 1 fully saturated rings. The van der Waals surface area contributed by atoms with Crippen molar-refractivity contribution in [2.24, 2.45) is 0 Å². The fraction of sp³-hybridized carbons (Fsp3) is 0.750. The molecule has 6 heteroatoms. The van der Waals surface area contributed by atoms with E-state index >= 15 is 0 Å². The molecule has 0 unspecified atom stereocenters. The molecule has 5 nitrogen and oxygen atoms in total. The van der Waals surface area contributed by atoms with Crippen LogP contribution in [0.5, 0.6) is 0 Å². The molecule has 0 aliphatic carbocycles. The molecular weight excluding hydrogens is 145 g/mol. The fourth-order valence-corrected chi connectivity index (χ4v) is 0.616. The Kier molecular flexibility index (Phi) is 6.30. The third-order valence-electron chi connectivity index (χ3n) is 1.02. The summed E-state index contributed by atoms with van der Waals surface area (Å²) in [7, 11) is 0. The molecule has 1 rings (SSSR count). The third-order valence-corrected chi connectivity index (χ3v) is 1.02. The van der Waals surface area contributed by atoms with Gasteiger partial charge in [-0.25, -0.2) is 0 Å². The topological polar surface area (TPSA) is 62.4 Å². The van der Waals surface area contributed by atoms with E-state index in [4.69, 9.17) is 0 Å². The monoisotopic (exact) mass is 155 g/mol. The number of rotatable bonds is 2. The molecule has 0 bridgehead atoms. The summed E-state index contributed by atoms with van der Waals surface area (Å²) in [6.07, 6.45) is -0.330. The average molecular weight is 155 g/mol. The molecule has 0 atom stereocenters. The minimum atomic E-state index is -0.330. The van der Waals surface area contributed by atoms with Gasteiger partial charge in [-0.3, -0.25) is 20.7 Å². The van der Waals surface area contributed by atoms with Gasteiger partial charge in [0.25, 0.3) is 6.47 Å². The van der Waals surface area contributed by atoms with Crippen LogP contribution in [0.1, 0.15) is 0 Å². The molecule has 10 heavy (non-hydrogen) atoms. The molecule has 0 spiro atoms. The van der Waals surface area contributed by atoms with Gasteiger partial charge in [0.05, 0.1) is 13.3 Å². The number of hydrogen-bond donors (Lipinski definition) is 3. The minimum absolute atomic E-state index is 0. The second kappa shape index (κ2) is 6.09. The molecular formula is C4H10N3NaO2. The quantitative estimate of drug-likeness (QED) is 0.304. The predicted octanol–water partition coefficient (Wildman–Crippen LogP) is -2.51. The Morgan fingerprint density at radius 2 is 2.00 bits per heavy atom. The van der Waals surface area contributed by atoms with Crippen molar-refractivity contribution in [2.45, 2.75) is 6.35 Å². The van der Waals surface area contributed by atoms with E-state index in [2.05, 4.69) is 20.7 Å². The molecule has 1 heterocycles. The molecule has 1 aliphatic rings. The van der Waals surface area contributed by atoms with E-state index in [1.807, 2.05) is 0 Å². The van der Waals surface area contributed by atoms with Crippen molar-refractivity contribution in [3.05, 3.63) is 0 Å². The summed E-state index contributed by atoms with van der Waals surface area (Å²) >= 11 is 0. The number of carbonyl (C=O) groups excluding carboxylic acids is 1. The van der Waals surface area contributed by atoms with Gasteiger partial charge < -0.3 is 4.74 Å². The first kappa shape index (κ1) is 10.3. The molecule has 3 N–H and O–H groups in total. The zero-order valence-electron chi connectivity index (χ0n) is 4.89. The Bertz CT molecular complexity index is 96.5. The number of hydrogen-bond acceptors (Lipinski definition) is 5. The standard InChI is InChI=1S/C4H9N3O2.Na.H/c8-3-9-4-6-1-5-2-7-4;;/h3-7H,1-2H2;;. The number of ether oxygens (including phenoxy) is 1. The Morgan fingerprint density at radius 1 is 1.40 bits per heavy atom. The van der Waals surface area contributed by atoms with Crippen molar-refractivity contribution in [2.75, 3.05) is 13.3 Å². The van der Waals surface area contributed by atoms with Gasteiger partial charge in [-0.15, -0.1) is 0 Å². The van der Waals surface area contributed by atoms with Gasteiger partial charge in [0, 0.05) is 0 Å². The summed E-state index contributed by atoms with van der Waals surface area (Å²) in [5.74, 6) is 0. The zero-order chi connectivity index (χ0) is 6.53. The molecule has 0 amide bonds. The Balaban J connectivity index is 0.000000810. The van der Waals surface area contributed by atoms with Crippen LogP contribution in [0, 0.1) is 0 Å². The molecule has 0 aromatic rings. The van der Waals surface area contributed by atoms with Gasteiger partial charge in [-0.05, 0) is 0 Å². The summed E-state index contributed by atoms with van der Waals surface area (Å²) in [6.45, 7) is 1.73. The average Bonchev–Trinajstić information content (AvgIpc) is 1.91. The van der Waals surface area contributed by atoms with E-state index in [1.165, 1.54) is 0 Å². The van der Waals surface area contributed by atoms with Crippen LogP contribution < -0.4 is 16.0 Å². The number of nitrogens with one attached hydrogen (secondary N) is 3. The van der Waals surface area contributed by atoms with E-state index < -0.39 is 0 Å². The summed E-state index contributed by atoms with van der Waals surface area (Å²) in [5, 5.41) is 8.64. The molecule has 54 valence electrons. The van der Waals surface area contributed by atoms with Crippen molar-refractivity contribution < 1.29 is 9.53 Å². The van der Waals surface area contributed by atoms with Crippen molar-refractivity contribution in [3.63, 3.8) is 0 Å². The van der Waals surface area contributed by atoms with Crippen LogP contribution >= 0.6 is 0 Å². The van der Waals surface area contributed by atoms with Crippen LogP contribution in [0.4, 0.5) is 0 Å². The van der Waals surface area contributed by atoms with E-state index in [-0.39, 0.29) is 35.9 Å².